The van der Waals surface area contributed by atoms with E-state index in [0.29, 0.717) is 10.1 Å². The van der Waals surface area contributed by atoms with Crippen LogP contribution in [-0.4, -0.2) is 18.9 Å². The largest absolute Gasteiger partial charge is 0.216 e. The molecule has 0 amide bonds. The van der Waals surface area contributed by atoms with E-state index in [1.54, 1.807) is 11.8 Å². The fourth-order valence-corrected chi connectivity index (χ4v) is 2.82. The molecule has 0 aliphatic carbocycles. The molecule has 0 aliphatic rings. The third-order valence-corrected chi connectivity index (χ3v) is 3.98. The molecular weight excluding hydrogens is 248 g/mol. The summed E-state index contributed by atoms with van der Waals surface area (Å²) in [6.07, 6.45) is 1.54. The number of nitrogens with zero attached hydrogens (tertiary/aromatic N) is 4. The minimum absolute atomic E-state index is 0.650. The number of hydrogen-bond donors (Lipinski definition) is 0. The summed E-state index contributed by atoms with van der Waals surface area (Å²) >= 11 is 9.96. The third-order valence-electron chi connectivity index (χ3n) is 1.18. The molecule has 2 rings (SSSR count). The Kier molecular flexibility index (Phi) is 3.09. The van der Waals surface area contributed by atoms with Gasteiger partial charge in [0.1, 0.15) is 16.4 Å². The van der Waals surface area contributed by atoms with E-state index in [1.807, 2.05) is 0 Å². The molecule has 0 spiro atoms. The topological polar surface area (TPSA) is 51.6 Å². The number of thioether (sulfide) groups is 1. The molecule has 0 saturated carbocycles. The highest BCUT2D eigenvalue weighted by Gasteiger charge is 2.06. The third kappa shape index (κ3) is 2.37. The molecule has 4 nitrogen and oxygen atoms in total. The first-order valence-electron chi connectivity index (χ1n) is 3.22. The zero-order chi connectivity index (χ0) is 9.10. The van der Waals surface area contributed by atoms with Gasteiger partial charge in [-0.3, -0.25) is 0 Å². The SMILES string of the molecule is Clc1snnc1CSc1ncns1. The van der Waals surface area contributed by atoms with Gasteiger partial charge in [0, 0.05) is 17.3 Å². The number of halogens is 1. The lowest BCUT2D eigenvalue weighted by molar-refractivity contribution is 1.07. The smallest absolute Gasteiger partial charge is 0.170 e. The molecule has 0 N–H and O–H groups in total. The molecule has 2 heterocycles. The highest BCUT2D eigenvalue weighted by Crippen LogP contribution is 2.27. The molecule has 2 aromatic rings. The standard InChI is InChI=1S/C5H3ClN4S3/c6-4-3(9-10-12-4)1-11-5-7-2-8-13-5/h2H,1H2. The quantitative estimate of drug-likeness (QED) is 0.783. The summed E-state index contributed by atoms with van der Waals surface area (Å²) in [5, 5.41) is 3.89. The second-order valence-corrected chi connectivity index (χ2v) is 5.35. The van der Waals surface area contributed by atoms with Crippen LogP contribution in [0.3, 0.4) is 0 Å². The lowest BCUT2D eigenvalue weighted by Gasteiger charge is -1.91. The molecule has 0 aliphatic heterocycles. The molecule has 8 heteroatoms. The van der Waals surface area contributed by atoms with Crippen molar-refractivity contribution in [2.45, 2.75) is 10.1 Å². The monoisotopic (exact) mass is 250 g/mol. The van der Waals surface area contributed by atoms with Crippen molar-refractivity contribution in [2.75, 3.05) is 0 Å². The van der Waals surface area contributed by atoms with Crippen LogP contribution >= 0.6 is 46.4 Å². The Morgan fingerprint density at radius 3 is 3.00 bits per heavy atom. The fourth-order valence-electron chi connectivity index (χ4n) is 0.640. The van der Waals surface area contributed by atoms with Gasteiger partial charge in [0.15, 0.2) is 4.34 Å². The summed E-state index contributed by atoms with van der Waals surface area (Å²) in [4.78, 5) is 4.03. The summed E-state index contributed by atoms with van der Waals surface area (Å²) < 4.78 is 9.19. The zero-order valence-corrected chi connectivity index (χ0v) is 9.38. The van der Waals surface area contributed by atoms with Gasteiger partial charge in [-0.2, -0.15) is 4.37 Å². The van der Waals surface area contributed by atoms with E-state index in [2.05, 4.69) is 18.9 Å². The van der Waals surface area contributed by atoms with Gasteiger partial charge in [0.25, 0.3) is 0 Å². The molecule has 0 fully saturated rings. The molecule has 0 saturated heterocycles. The molecule has 0 unspecified atom stereocenters. The average Bonchev–Trinajstić information content (AvgIpc) is 2.72. The van der Waals surface area contributed by atoms with Crippen molar-refractivity contribution >= 4 is 46.4 Å². The van der Waals surface area contributed by atoms with Crippen molar-refractivity contribution in [3.05, 3.63) is 16.4 Å². The van der Waals surface area contributed by atoms with E-state index in [0.717, 1.165) is 10.0 Å². The molecule has 0 radical (unpaired) electrons. The van der Waals surface area contributed by atoms with Crippen LogP contribution in [0, 0.1) is 0 Å². The maximum absolute atomic E-state index is 5.83. The van der Waals surface area contributed by atoms with Crippen LogP contribution in [0.2, 0.25) is 4.34 Å². The van der Waals surface area contributed by atoms with Crippen LogP contribution in [0.4, 0.5) is 0 Å². The van der Waals surface area contributed by atoms with Crippen LogP contribution in [0.15, 0.2) is 10.7 Å². The molecule has 0 aromatic carbocycles. The Hall–Kier alpha value is -0.240. The van der Waals surface area contributed by atoms with Crippen LogP contribution < -0.4 is 0 Å². The summed E-state index contributed by atoms with van der Waals surface area (Å²) in [7, 11) is 0. The van der Waals surface area contributed by atoms with Gasteiger partial charge < -0.3 is 0 Å². The lowest BCUT2D eigenvalue weighted by Crippen LogP contribution is -1.81. The van der Waals surface area contributed by atoms with Crippen LogP contribution in [-0.2, 0) is 5.75 Å². The van der Waals surface area contributed by atoms with Crippen LogP contribution in [0.25, 0.3) is 0 Å². The van der Waals surface area contributed by atoms with Crippen LogP contribution in [0.1, 0.15) is 5.69 Å². The van der Waals surface area contributed by atoms with Crippen molar-refractivity contribution in [1.82, 2.24) is 18.9 Å². The average molecular weight is 251 g/mol. The van der Waals surface area contributed by atoms with Gasteiger partial charge in [-0.05, 0) is 11.5 Å². The van der Waals surface area contributed by atoms with E-state index in [-0.39, 0.29) is 0 Å². The number of hydrogen-bond acceptors (Lipinski definition) is 7. The molecule has 2 aromatic heterocycles. The Bertz CT molecular complexity index is 373. The summed E-state index contributed by atoms with van der Waals surface area (Å²) in [5.74, 6) is 0.699. The lowest BCUT2D eigenvalue weighted by atomic mass is 10.6. The number of rotatable bonds is 3. The van der Waals surface area contributed by atoms with Crippen molar-refractivity contribution < 1.29 is 0 Å². The van der Waals surface area contributed by atoms with Gasteiger partial charge >= 0.3 is 0 Å². The van der Waals surface area contributed by atoms with Gasteiger partial charge in [-0.25, -0.2) is 4.98 Å². The second-order valence-electron chi connectivity index (χ2n) is 1.99. The maximum Gasteiger partial charge on any atom is 0.170 e. The first-order valence-corrected chi connectivity index (χ1v) is 6.13. The minimum atomic E-state index is 0.650. The summed E-state index contributed by atoms with van der Waals surface area (Å²) in [6, 6.07) is 0. The predicted octanol–water partition coefficient (Wildman–Crippen LogP) is 2.34. The van der Waals surface area contributed by atoms with Crippen LogP contribution in [0.5, 0.6) is 0 Å². The Morgan fingerprint density at radius 2 is 2.38 bits per heavy atom. The highest BCUT2D eigenvalue weighted by molar-refractivity contribution is 8.00. The molecule has 0 atom stereocenters. The normalized spacial score (nSPS) is 10.5. The second kappa shape index (κ2) is 4.32. The van der Waals surface area contributed by atoms with E-state index in [4.69, 9.17) is 11.6 Å². The van der Waals surface area contributed by atoms with Gasteiger partial charge in [0.2, 0.25) is 0 Å². The predicted molar refractivity (Wildman–Crippen MR) is 54.4 cm³/mol. The van der Waals surface area contributed by atoms with E-state index in [1.165, 1.54) is 29.4 Å². The first kappa shape index (κ1) is 9.32. The highest BCUT2D eigenvalue weighted by atomic mass is 35.5. The Balaban J connectivity index is 1.97. The molecule has 0 bridgehead atoms. The van der Waals surface area contributed by atoms with Gasteiger partial charge in [0.05, 0.1) is 0 Å². The molecule has 13 heavy (non-hydrogen) atoms. The zero-order valence-electron chi connectivity index (χ0n) is 6.18. The first-order chi connectivity index (χ1) is 6.36. The van der Waals surface area contributed by atoms with E-state index >= 15 is 0 Å². The van der Waals surface area contributed by atoms with Gasteiger partial charge in [-0.15, -0.1) is 5.10 Å². The molecule has 68 valence electrons. The van der Waals surface area contributed by atoms with Gasteiger partial charge in [-0.1, -0.05) is 27.9 Å². The van der Waals surface area contributed by atoms with Crippen molar-refractivity contribution in [2.24, 2.45) is 0 Å². The fraction of sp³-hybridized carbons (Fsp3) is 0.200. The Labute approximate surface area is 91.7 Å². The minimum Gasteiger partial charge on any atom is -0.216 e. The van der Waals surface area contributed by atoms with Crippen molar-refractivity contribution in [3.8, 4) is 0 Å². The van der Waals surface area contributed by atoms with E-state index < -0.39 is 0 Å². The Morgan fingerprint density at radius 1 is 1.46 bits per heavy atom. The maximum atomic E-state index is 5.83. The van der Waals surface area contributed by atoms with Crippen molar-refractivity contribution in [1.29, 1.82) is 0 Å². The summed E-state index contributed by atoms with van der Waals surface area (Å²) in [6.45, 7) is 0. The molecular formula is C5H3ClN4S3. The van der Waals surface area contributed by atoms with E-state index in [9.17, 15) is 0 Å². The number of aromatic nitrogens is 4. The summed E-state index contributed by atoms with van der Waals surface area (Å²) in [5.41, 5.74) is 0.812. The van der Waals surface area contributed by atoms with Crippen molar-refractivity contribution in [3.63, 3.8) is 0 Å².